The smallest absolute Gasteiger partial charge is 0.233 e. The Morgan fingerprint density at radius 1 is 1.03 bits per heavy atom. The molecule has 174 valence electrons. The van der Waals surface area contributed by atoms with Gasteiger partial charge < -0.3 is 10.2 Å². The van der Waals surface area contributed by atoms with Crippen LogP contribution >= 0.6 is 11.8 Å². The molecule has 0 saturated carbocycles. The van der Waals surface area contributed by atoms with Crippen molar-refractivity contribution in [2.45, 2.75) is 31.8 Å². The van der Waals surface area contributed by atoms with Crippen LogP contribution in [0.1, 0.15) is 24.0 Å². The predicted octanol–water partition coefficient (Wildman–Crippen LogP) is 4.47. The number of aryl methyl sites for hydroxylation is 2. The largest absolute Gasteiger partial charge is 0.342 e. The van der Waals surface area contributed by atoms with E-state index in [1.165, 1.54) is 11.8 Å². The number of piperidine rings is 1. The van der Waals surface area contributed by atoms with Crippen molar-refractivity contribution in [1.82, 2.24) is 19.5 Å². The Morgan fingerprint density at radius 2 is 1.76 bits per heavy atom. The second-order valence-corrected chi connectivity index (χ2v) is 9.76. The molecule has 2 aromatic heterocycles. The number of fused-ring (bicyclic) bond motifs is 3. The summed E-state index contributed by atoms with van der Waals surface area (Å²) in [6.45, 7) is 5.27. The van der Waals surface area contributed by atoms with E-state index in [9.17, 15) is 9.59 Å². The molecule has 1 aliphatic heterocycles. The van der Waals surface area contributed by atoms with Crippen LogP contribution in [0.2, 0.25) is 0 Å². The Balaban J connectivity index is 1.19. The Labute approximate surface area is 202 Å². The summed E-state index contributed by atoms with van der Waals surface area (Å²) < 4.78 is 2.02. The number of para-hydroxylation sites is 1. The third kappa shape index (κ3) is 4.50. The molecule has 7 nitrogen and oxygen atoms in total. The number of benzene rings is 2. The second kappa shape index (κ2) is 9.46. The van der Waals surface area contributed by atoms with E-state index in [1.807, 2.05) is 58.7 Å². The molecule has 3 heterocycles. The van der Waals surface area contributed by atoms with Gasteiger partial charge in [-0.25, -0.2) is 0 Å². The number of thioether (sulfide) groups is 1. The number of carbonyl (C=O) groups excluding carboxylic acids is 2. The summed E-state index contributed by atoms with van der Waals surface area (Å²) in [5.74, 6) is 0.314. The lowest BCUT2D eigenvalue weighted by molar-refractivity contribution is -0.132. The van der Waals surface area contributed by atoms with Gasteiger partial charge in [-0.2, -0.15) is 0 Å². The highest BCUT2D eigenvalue weighted by Gasteiger charge is 2.27. The highest BCUT2D eigenvalue weighted by atomic mass is 32.2. The molecule has 5 rings (SSSR count). The number of nitrogens with one attached hydrogen (secondary N) is 1. The normalized spacial score (nSPS) is 14.6. The number of rotatable bonds is 5. The van der Waals surface area contributed by atoms with Gasteiger partial charge in [-0.1, -0.05) is 47.7 Å². The van der Waals surface area contributed by atoms with Crippen LogP contribution in [0.25, 0.3) is 16.6 Å². The Morgan fingerprint density at radius 3 is 2.53 bits per heavy atom. The van der Waals surface area contributed by atoms with Gasteiger partial charge >= 0.3 is 0 Å². The number of hydrogen-bond donors (Lipinski definition) is 1. The number of hydrogen-bond acceptors (Lipinski definition) is 5. The summed E-state index contributed by atoms with van der Waals surface area (Å²) in [5.41, 5.74) is 4.95. The molecule has 8 heteroatoms. The van der Waals surface area contributed by atoms with Gasteiger partial charge in [0.05, 0.1) is 11.3 Å². The Bertz CT molecular complexity index is 1360. The minimum atomic E-state index is -0.0759. The third-order valence-electron chi connectivity index (χ3n) is 6.44. The van der Waals surface area contributed by atoms with E-state index in [2.05, 4.69) is 34.6 Å². The molecule has 0 bridgehead atoms. The molecule has 34 heavy (non-hydrogen) atoms. The number of likely N-dealkylation sites (tertiary alicyclic amines) is 1. The van der Waals surface area contributed by atoms with Crippen LogP contribution in [0, 0.1) is 19.8 Å². The average Bonchev–Trinajstić information content (AvgIpc) is 3.27. The summed E-state index contributed by atoms with van der Waals surface area (Å²) in [5, 5.41) is 13.5. The number of anilines is 1. The summed E-state index contributed by atoms with van der Waals surface area (Å²) in [6.07, 6.45) is 1.34. The SMILES string of the molecule is Cc1ccc(NC(=O)C2CCN(C(=O)CSc3nnc4cc(C)c5ccccc5n34)CC2)cc1. The number of carbonyl (C=O) groups is 2. The van der Waals surface area contributed by atoms with Gasteiger partial charge in [-0.3, -0.25) is 14.0 Å². The van der Waals surface area contributed by atoms with Crippen LogP contribution in [0.15, 0.2) is 59.8 Å². The third-order valence-corrected chi connectivity index (χ3v) is 7.35. The lowest BCUT2D eigenvalue weighted by Gasteiger charge is -2.31. The molecule has 0 aliphatic carbocycles. The molecule has 0 atom stereocenters. The van der Waals surface area contributed by atoms with Gasteiger partial charge in [0.1, 0.15) is 0 Å². The van der Waals surface area contributed by atoms with Crippen molar-refractivity contribution < 1.29 is 9.59 Å². The lowest BCUT2D eigenvalue weighted by atomic mass is 9.96. The Kier molecular flexibility index (Phi) is 6.24. The molecule has 0 radical (unpaired) electrons. The molecule has 1 fully saturated rings. The van der Waals surface area contributed by atoms with Crippen LogP contribution in [0.3, 0.4) is 0 Å². The zero-order valence-electron chi connectivity index (χ0n) is 19.3. The molecule has 2 amide bonds. The van der Waals surface area contributed by atoms with Crippen molar-refractivity contribution in [3.05, 3.63) is 65.7 Å². The van der Waals surface area contributed by atoms with Gasteiger partial charge in [0.25, 0.3) is 0 Å². The number of amides is 2. The van der Waals surface area contributed by atoms with E-state index in [0.29, 0.717) is 36.8 Å². The molecule has 4 aromatic rings. The minimum absolute atomic E-state index is 0.0300. The number of nitrogens with zero attached hydrogens (tertiary/aromatic N) is 4. The summed E-state index contributed by atoms with van der Waals surface area (Å²) in [7, 11) is 0. The van der Waals surface area contributed by atoms with Crippen LogP contribution < -0.4 is 5.32 Å². The predicted molar refractivity (Wildman–Crippen MR) is 135 cm³/mol. The zero-order chi connectivity index (χ0) is 23.7. The van der Waals surface area contributed by atoms with E-state index in [0.717, 1.165) is 33.4 Å². The molecular weight excluding hydrogens is 446 g/mol. The first-order chi connectivity index (χ1) is 16.5. The fraction of sp³-hybridized carbons (Fsp3) is 0.308. The van der Waals surface area contributed by atoms with Gasteiger partial charge in [0.15, 0.2) is 10.8 Å². The van der Waals surface area contributed by atoms with Gasteiger partial charge in [0.2, 0.25) is 11.8 Å². The summed E-state index contributed by atoms with van der Waals surface area (Å²) in [6, 6.07) is 18.0. The first-order valence-corrected chi connectivity index (χ1v) is 12.5. The molecule has 1 saturated heterocycles. The first kappa shape index (κ1) is 22.4. The highest BCUT2D eigenvalue weighted by molar-refractivity contribution is 7.99. The topological polar surface area (TPSA) is 79.6 Å². The van der Waals surface area contributed by atoms with E-state index in [4.69, 9.17) is 0 Å². The average molecular weight is 474 g/mol. The fourth-order valence-electron chi connectivity index (χ4n) is 4.46. The van der Waals surface area contributed by atoms with Crippen molar-refractivity contribution in [2.75, 3.05) is 24.2 Å². The monoisotopic (exact) mass is 473 g/mol. The van der Waals surface area contributed by atoms with Crippen molar-refractivity contribution in [2.24, 2.45) is 5.92 Å². The summed E-state index contributed by atoms with van der Waals surface area (Å²) >= 11 is 1.41. The number of aromatic nitrogens is 3. The van der Waals surface area contributed by atoms with Gasteiger partial charge in [-0.15, -0.1) is 10.2 Å². The van der Waals surface area contributed by atoms with Crippen molar-refractivity contribution in [1.29, 1.82) is 0 Å². The van der Waals surface area contributed by atoms with Gasteiger partial charge in [0, 0.05) is 30.1 Å². The quantitative estimate of drug-likeness (QED) is 0.433. The van der Waals surface area contributed by atoms with Crippen molar-refractivity contribution in [3.8, 4) is 0 Å². The summed E-state index contributed by atoms with van der Waals surface area (Å²) in [4.78, 5) is 27.4. The van der Waals surface area contributed by atoms with E-state index in [1.54, 1.807) is 0 Å². The number of pyridine rings is 1. The van der Waals surface area contributed by atoms with Crippen LogP contribution in [-0.4, -0.2) is 50.2 Å². The molecule has 1 aliphatic rings. The van der Waals surface area contributed by atoms with Crippen molar-refractivity contribution in [3.63, 3.8) is 0 Å². The lowest BCUT2D eigenvalue weighted by Crippen LogP contribution is -2.42. The maximum Gasteiger partial charge on any atom is 0.233 e. The van der Waals surface area contributed by atoms with Crippen LogP contribution in [0.4, 0.5) is 5.69 Å². The molecule has 1 N–H and O–H groups in total. The first-order valence-electron chi connectivity index (χ1n) is 11.5. The van der Waals surface area contributed by atoms with Crippen LogP contribution in [0.5, 0.6) is 0 Å². The molecule has 2 aromatic carbocycles. The van der Waals surface area contributed by atoms with Crippen molar-refractivity contribution >= 4 is 45.8 Å². The van der Waals surface area contributed by atoms with E-state index >= 15 is 0 Å². The maximum absolute atomic E-state index is 12.9. The highest BCUT2D eigenvalue weighted by Crippen LogP contribution is 2.26. The van der Waals surface area contributed by atoms with Gasteiger partial charge in [-0.05, 0) is 56.5 Å². The molecule has 0 spiro atoms. The van der Waals surface area contributed by atoms with E-state index < -0.39 is 0 Å². The van der Waals surface area contributed by atoms with Crippen LogP contribution in [-0.2, 0) is 9.59 Å². The molecular formula is C26H27N5O2S. The standard InChI is InChI=1S/C26H27N5O2S/c1-17-7-9-20(10-8-17)27-25(33)19-11-13-30(14-12-19)24(32)16-34-26-29-28-23-15-18(2)21-5-3-4-6-22(21)31(23)26/h3-10,15,19H,11-14,16H2,1-2H3,(H,27,33). The Hall–Kier alpha value is -3.39. The fourth-order valence-corrected chi connectivity index (χ4v) is 5.31. The zero-order valence-corrected chi connectivity index (χ0v) is 20.1. The minimum Gasteiger partial charge on any atom is -0.342 e. The van der Waals surface area contributed by atoms with E-state index in [-0.39, 0.29) is 17.7 Å². The molecule has 0 unspecified atom stereocenters. The maximum atomic E-state index is 12.9. The second-order valence-electron chi connectivity index (χ2n) is 8.82.